The number of benzene rings is 2. The van der Waals surface area contributed by atoms with Crippen LogP contribution >= 0.6 is 0 Å². The zero-order chi connectivity index (χ0) is 11.4. The van der Waals surface area contributed by atoms with Gasteiger partial charge in [0.15, 0.2) is 0 Å². The van der Waals surface area contributed by atoms with Gasteiger partial charge in [-0.1, -0.05) is 49.4 Å². The van der Waals surface area contributed by atoms with Gasteiger partial charge < -0.3 is 0 Å². The second-order valence-electron chi connectivity index (χ2n) is 4.15. The highest BCUT2D eigenvalue weighted by Crippen LogP contribution is 2.16. The molecule has 1 nitrogen and oxygen atoms in total. The predicted molar refractivity (Wildman–Crippen MR) is 67.6 cm³/mol. The summed E-state index contributed by atoms with van der Waals surface area (Å²) in [6, 6.07) is 14.5. The van der Waals surface area contributed by atoms with E-state index in [4.69, 9.17) is 0 Å². The third-order valence-electron chi connectivity index (χ3n) is 2.74. The minimum atomic E-state index is 0.331. The first-order chi connectivity index (χ1) is 7.79. The Morgan fingerprint density at radius 1 is 1.06 bits per heavy atom. The van der Waals surface area contributed by atoms with Gasteiger partial charge in [0.05, 0.1) is 0 Å². The number of carbonyl (C=O) groups is 1. The maximum atomic E-state index is 11.5. The smallest absolute Gasteiger partial charge is 0.137 e. The van der Waals surface area contributed by atoms with Crippen LogP contribution in [0.4, 0.5) is 0 Å². The Labute approximate surface area is 96.1 Å². The molecule has 0 atom stereocenters. The molecule has 0 aliphatic rings. The van der Waals surface area contributed by atoms with E-state index < -0.39 is 0 Å². The molecule has 0 heterocycles. The molecule has 0 N–H and O–H groups in total. The van der Waals surface area contributed by atoms with Gasteiger partial charge in [0.2, 0.25) is 0 Å². The maximum Gasteiger partial charge on any atom is 0.137 e. The molecule has 0 saturated carbocycles. The van der Waals surface area contributed by atoms with E-state index in [9.17, 15) is 4.79 Å². The number of fused-ring (bicyclic) bond motifs is 1. The quantitative estimate of drug-likeness (QED) is 0.754. The van der Waals surface area contributed by atoms with Crippen LogP contribution in [0.25, 0.3) is 10.8 Å². The molecular weight excluding hydrogens is 196 g/mol. The van der Waals surface area contributed by atoms with Gasteiger partial charge in [-0.15, -0.1) is 0 Å². The summed E-state index contributed by atoms with van der Waals surface area (Å²) in [6.07, 6.45) is 2.19. The summed E-state index contributed by atoms with van der Waals surface area (Å²) in [6.45, 7) is 2.04. The fourth-order valence-electron chi connectivity index (χ4n) is 1.94. The van der Waals surface area contributed by atoms with Gasteiger partial charge in [0.1, 0.15) is 5.78 Å². The lowest BCUT2D eigenvalue weighted by Gasteiger charge is -2.02. The molecule has 1 heteroatoms. The topological polar surface area (TPSA) is 17.1 Å². The van der Waals surface area contributed by atoms with Gasteiger partial charge in [0.25, 0.3) is 0 Å². The Bertz CT molecular complexity index is 500. The predicted octanol–water partition coefficient (Wildman–Crippen LogP) is 3.75. The molecule has 0 fully saturated rings. The van der Waals surface area contributed by atoms with E-state index in [2.05, 4.69) is 30.3 Å². The molecule has 0 bridgehead atoms. The second-order valence-corrected chi connectivity index (χ2v) is 4.15. The van der Waals surface area contributed by atoms with Crippen molar-refractivity contribution < 1.29 is 4.79 Å². The fourth-order valence-corrected chi connectivity index (χ4v) is 1.94. The van der Waals surface area contributed by atoms with Gasteiger partial charge in [-0.2, -0.15) is 0 Å². The summed E-state index contributed by atoms with van der Waals surface area (Å²) < 4.78 is 0. The van der Waals surface area contributed by atoms with E-state index in [0.29, 0.717) is 18.6 Å². The molecule has 0 saturated heterocycles. The first-order valence-electron chi connectivity index (χ1n) is 5.79. The van der Waals surface area contributed by atoms with Crippen LogP contribution < -0.4 is 0 Å². The van der Waals surface area contributed by atoms with E-state index in [1.54, 1.807) is 0 Å². The summed E-state index contributed by atoms with van der Waals surface area (Å²) in [5.74, 6) is 0.331. The van der Waals surface area contributed by atoms with E-state index in [-0.39, 0.29) is 0 Å². The summed E-state index contributed by atoms with van der Waals surface area (Å²) >= 11 is 0. The van der Waals surface area contributed by atoms with Gasteiger partial charge in [-0.05, 0) is 22.8 Å². The van der Waals surface area contributed by atoms with E-state index in [1.807, 2.05) is 19.1 Å². The molecule has 16 heavy (non-hydrogen) atoms. The van der Waals surface area contributed by atoms with Crippen molar-refractivity contribution in [2.45, 2.75) is 26.2 Å². The number of ketones is 1. The lowest BCUT2D eigenvalue weighted by molar-refractivity contribution is -0.118. The zero-order valence-electron chi connectivity index (χ0n) is 9.57. The van der Waals surface area contributed by atoms with Crippen molar-refractivity contribution in [3.8, 4) is 0 Å². The van der Waals surface area contributed by atoms with E-state index in [0.717, 1.165) is 12.0 Å². The van der Waals surface area contributed by atoms with Crippen LogP contribution in [0.1, 0.15) is 25.3 Å². The number of Topliss-reactive ketones (excluding diaryl/α,β-unsaturated/α-hetero) is 1. The van der Waals surface area contributed by atoms with Crippen LogP contribution in [-0.4, -0.2) is 5.78 Å². The molecular formula is C15H16O. The van der Waals surface area contributed by atoms with Crippen molar-refractivity contribution in [3.63, 3.8) is 0 Å². The van der Waals surface area contributed by atoms with Crippen molar-refractivity contribution in [2.24, 2.45) is 0 Å². The molecule has 0 aromatic heterocycles. The van der Waals surface area contributed by atoms with Gasteiger partial charge in [-0.25, -0.2) is 0 Å². The highest BCUT2D eigenvalue weighted by molar-refractivity contribution is 5.86. The van der Waals surface area contributed by atoms with Crippen LogP contribution in [0.2, 0.25) is 0 Å². The molecule has 82 valence electrons. The third-order valence-corrected chi connectivity index (χ3v) is 2.74. The zero-order valence-corrected chi connectivity index (χ0v) is 9.57. The van der Waals surface area contributed by atoms with Gasteiger partial charge in [0, 0.05) is 12.8 Å². The number of rotatable bonds is 4. The summed E-state index contributed by atoms with van der Waals surface area (Å²) in [4.78, 5) is 11.5. The van der Waals surface area contributed by atoms with Gasteiger partial charge >= 0.3 is 0 Å². The molecule has 2 aromatic rings. The Balaban J connectivity index is 2.22. The lowest BCUT2D eigenvalue weighted by atomic mass is 10.0. The molecule has 0 spiro atoms. The summed E-state index contributed by atoms with van der Waals surface area (Å²) in [7, 11) is 0. The van der Waals surface area contributed by atoms with Crippen molar-refractivity contribution >= 4 is 16.6 Å². The second kappa shape index (κ2) is 4.93. The third kappa shape index (κ3) is 2.48. The molecule has 0 aliphatic heterocycles. The van der Waals surface area contributed by atoms with E-state index >= 15 is 0 Å². The molecule has 0 unspecified atom stereocenters. The van der Waals surface area contributed by atoms with Crippen LogP contribution in [0, 0.1) is 0 Å². The molecule has 2 aromatic carbocycles. The first kappa shape index (κ1) is 10.9. The number of hydrogen-bond acceptors (Lipinski definition) is 1. The standard InChI is InChI=1S/C15H16O/c1-2-5-15(16)11-12-8-9-13-6-3-4-7-14(13)10-12/h3-4,6-10H,2,5,11H2,1H3. The maximum absolute atomic E-state index is 11.5. The Morgan fingerprint density at radius 3 is 2.56 bits per heavy atom. The minimum absolute atomic E-state index is 0.331. The van der Waals surface area contributed by atoms with Crippen molar-refractivity contribution in [2.75, 3.05) is 0 Å². The number of carbonyl (C=O) groups excluding carboxylic acids is 1. The summed E-state index contributed by atoms with van der Waals surface area (Å²) in [5.41, 5.74) is 1.12. The minimum Gasteiger partial charge on any atom is -0.299 e. The SMILES string of the molecule is CCCC(=O)Cc1ccc2ccccc2c1. The Morgan fingerprint density at radius 2 is 1.81 bits per heavy atom. The molecule has 0 amide bonds. The van der Waals surface area contributed by atoms with Crippen LogP contribution in [0.15, 0.2) is 42.5 Å². The Hall–Kier alpha value is -1.63. The van der Waals surface area contributed by atoms with Crippen LogP contribution in [-0.2, 0) is 11.2 Å². The van der Waals surface area contributed by atoms with Crippen molar-refractivity contribution in [3.05, 3.63) is 48.0 Å². The Kier molecular flexibility index (Phi) is 3.35. The highest BCUT2D eigenvalue weighted by Gasteiger charge is 2.02. The van der Waals surface area contributed by atoms with Crippen molar-refractivity contribution in [1.29, 1.82) is 0 Å². The monoisotopic (exact) mass is 212 g/mol. The van der Waals surface area contributed by atoms with Crippen molar-refractivity contribution in [1.82, 2.24) is 0 Å². The number of hydrogen-bond donors (Lipinski definition) is 0. The molecule has 0 radical (unpaired) electrons. The molecule has 2 rings (SSSR count). The average Bonchev–Trinajstić information content (AvgIpc) is 2.29. The molecule has 0 aliphatic carbocycles. The summed E-state index contributed by atoms with van der Waals surface area (Å²) in [5, 5.41) is 2.44. The fraction of sp³-hybridized carbons (Fsp3) is 0.267. The van der Waals surface area contributed by atoms with Crippen LogP contribution in [0.5, 0.6) is 0 Å². The van der Waals surface area contributed by atoms with Crippen LogP contribution in [0.3, 0.4) is 0 Å². The largest absolute Gasteiger partial charge is 0.299 e. The average molecular weight is 212 g/mol. The normalized spacial score (nSPS) is 10.6. The first-order valence-corrected chi connectivity index (χ1v) is 5.79. The van der Waals surface area contributed by atoms with Gasteiger partial charge in [-0.3, -0.25) is 4.79 Å². The lowest BCUT2D eigenvalue weighted by Crippen LogP contribution is -2.01. The highest BCUT2D eigenvalue weighted by atomic mass is 16.1. The van der Waals surface area contributed by atoms with E-state index in [1.165, 1.54) is 10.8 Å².